The van der Waals surface area contributed by atoms with Gasteiger partial charge in [0.25, 0.3) is 5.91 Å². The van der Waals surface area contributed by atoms with E-state index in [9.17, 15) is 4.79 Å². The molecule has 0 spiro atoms. The molecule has 2 N–H and O–H groups in total. The zero-order valence-electron chi connectivity index (χ0n) is 9.60. The Balaban J connectivity index is 1.84. The second kappa shape index (κ2) is 5.25. The summed E-state index contributed by atoms with van der Waals surface area (Å²) in [4.78, 5) is 15.7. The molecule has 0 aromatic carbocycles. The van der Waals surface area contributed by atoms with E-state index in [1.54, 1.807) is 12.4 Å². The normalized spacial score (nSPS) is 10.2. The second-order valence-corrected chi connectivity index (χ2v) is 3.77. The number of carbonyl (C=O) groups excluding carboxylic acids is 1. The van der Waals surface area contributed by atoms with Crippen LogP contribution in [0.5, 0.6) is 0 Å². The summed E-state index contributed by atoms with van der Waals surface area (Å²) in [6.45, 7) is 2.43. The van der Waals surface area contributed by atoms with Gasteiger partial charge >= 0.3 is 0 Å². The Labute approximate surface area is 99.3 Å². The molecule has 0 radical (unpaired) electrons. The molecule has 0 saturated carbocycles. The fourth-order valence-electron chi connectivity index (χ4n) is 1.54. The monoisotopic (exact) mass is 230 g/mol. The minimum atomic E-state index is -0.0923. The van der Waals surface area contributed by atoms with E-state index in [1.807, 2.05) is 19.1 Å². The van der Waals surface area contributed by atoms with Crippen molar-refractivity contribution < 1.29 is 4.79 Å². The van der Waals surface area contributed by atoms with E-state index in [1.165, 1.54) is 6.20 Å². The third-order valence-corrected chi connectivity index (χ3v) is 2.52. The van der Waals surface area contributed by atoms with Crippen molar-refractivity contribution in [2.24, 2.45) is 0 Å². The molecule has 2 aromatic rings. The molecule has 0 aliphatic carbocycles. The number of hydrogen-bond donors (Lipinski definition) is 2. The highest BCUT2D eigenvalue weighted by Gasteiger charge is 2.09. The first-order valence-corrected chi connectivity index (χ1v) is 5.44. The summed E-state index contributed by atoms with van der Waals surface area (Å²) in [5.41, 5.74) is 2.54. The van der Waals surface area contributed by atoms with Crippen molar-refractivity contribution >= 4 is 5.91 Å². The van der Waals surface area contributed by atoms with Gasteiger partial charge in [-0.1, -0.05) is 0 Å². The lowest BCUT2D eigenvalue weighted by Crippen LogP contribution is -2.25. The summed E-state index contributed by atoms with van der Waals surface area (Å²) < 4.78 is 0. The van der Waals surface area contributed by atoms with Crippen LogP contribution in [0, 0.1) is 6.92 Å². The number of pyridine rings is 1. The quantitative estimate of drug-likeness (QED) is 0.825. The Hall–Kier alpha value is -2.17. The molecule has 17 heavy (non-hydrogen) atoms. The van der Waals surface area contributed by atoms with Gasteiger partial charge in [0.1, 0.15) is 0 Å². The van der Waals surface area contributed by atoms with Crippen molar-refractivity contribution in [1.29, 1.82) is 0 Å². The fourth-order valence-corrected chi connectivity index (χ4v) is 1.54. The van der Waals surface area contributed by atoms with Crippen LogP contribution in [-0.4, -0.2) is 27.6 Å². The molecule has 5 heteroatoms. The molecule has 2 aromatic heterocycles. The SMILES string of the molecule is Cc1[nH]ncc1C(=O)NCCc1ccncc1. The van der Waals surface area contributed by atoms with Crippen LogP contribution < -0.4 is 5.32 Å². The summed E-state index contributed by atoms with van der Waals surface area (Å²) in [5.74, 6) is -0.0923. The lowest BCUT2D eigenvalue weighted by molar-refractivity contribution is 0.0953. The molecule has 88 valence electrons. The number of nitrogens with one attached hydrogen (secondary N) is 2. The van der Waals surface area contributed by atoms with E-state index < -0.39 is 0 Å². The summed E-state index contributed by atoms with van der Waals surface area (Å²) in [6, 6.07) is 3.88. The van der Waals surface area contributed by atoms with Gasteiger partial charge in [-0.05, 0) is 31.0 Å². The van der Waals surface area contributed by atoms with Crippen LogP contribution in [0.4, 0.5) is 0 Å². The molecule has 0 aliphatic rings. The lowest BCUT2D eigenvalue weighted by atomic mass is 10.2. The number of aromatic nitrogens is 3. The number of carbonyl (C=O) groups is 1. The summed E-state index contributed by atoms with van der Waals surface area (Å²) in [6.07, 6.45) is 5.83. The van der Waals surface area contributed by atoms with Crippen molar-refractivity contribution in [3.8, 4) is 0 Å². The summed E-state index contributed by atoms with van der Waals surface area (Å²) in [5, 5.41) is 9.41. The molecular formula is C12H14N4O. The van der Waals surface area contributed by atoms with Crippen molar-refractivity contribution in [2.45, 2.75) is 13.3 Å². The van der Waals surface area contributed by atoms with E-state index in [0.717, 1.165) is 17.7 Å². The average Bonchev–Trinajstić information content (AvgIpc) is 2.77. The highest BCUT2D eigenvalue weighted by Crippen LogP contribution is 2.02. The molecular weight excluding hydrogens is 216 g/mol. The number of rotatable bonds is 4. The topological polar surface area (TPSA) is 70.7 Å². The first-order valence-electron chi connectivity index (χ1n) is 5.44. The Morgan fingerprint density at radius 2 is 2.18 bits per heavy atom. The first-order chi connectivity index (χ1) is 8.27. The molecule has 0 aliphatic heterocycles. The van der Waals surface area contributed by atoms with Gasteiger partial charge in [0.2, 0.25) is 0 Å². The number of hydrogen-bond acceptors (Lipinski definition) is 3. The van der Waals surface area contributed by atoms with E-state index in [-0.39, 0.29) is 5.91 Å². The van der Waals surface area contributed by atoms with Gasteiger partial charge in [0, 0.05) is 24.6 Å². The zero-order chi connectivity index (χ0) is 12.1. The molecule has 0 unspecified atom stereocenters. The fraction of sp³-hybridized carbons (Fsp3) is 0.250. The van der Waals surface area contributed by atoms with Crippen molar-refractivity contribution in [3.63, 3.8) is 0 Å². The van der Waals surface area contributed by atoms with Gasteiger partial charge in [-0.15, -0.1) is 0 Å². The molecule has 0 bridgehead atoms. The van der Waals surface area contributed by atoms with E-state index in [2.05, 4.69) is 20.5 Å². The molecule has 1 amide bonds. The maximum absolute atomic E-state index is 11.7. The number of aryl methyl sites for hydroxylation is 1. The van der Waals surface area contributed by atoms with E-state index in [4.69, 9.17) is 0 Å². The van der Waals surface area contributed by atoms with E-state index in [0.29, 0.717) is 12.1 Å². The van der Waals surface area contributed by atoms with Crippen LogP contribution in [-0.2, 0) is 6.42 Å². The molecule has 0 saturated heterocycles. The standard InChI is InChI=1S/C12H14N4O/c1-9-11(8-15-16-9)12(17)14-7-4-10-2-5-13-6-3-10/h2-3,5-6,8H,4,7H2,1H3,(H,14,17)(H,15,16). The molecule has 5 nitrogen and oxygen atoms in total. The molecule has 2 heterocycles. The predicted octanol–water partition coefficient (Wildman–Crippen LogP) is 1.09. The Morgan fingerprint density at radius 3 is 2.82 bits per heavy atom. The van der Waals surface area contributed by atoms with Gasteiger partial charge < -0.3 is 5.32 Å². The third kappa shape index (κ3) is 2.90. The number of amides is 1. The second-order valence-electron chi connectivity index (χ2n) is 3.77. The Kier molecular flexibility index (Phi) is 3.49. The largest absolute Gasteiger partial charge is 0.352 e. The maximum atomic E-state index is 11.7. The van der Waals surface area contributed by atoms with Crippen molar-refractivity contribution in [2.75, 3.05) is 6.54 Å². The zero-order valence-corrected chi connectivity index (χ0v) is 9.60. The van der Waals surface area contributed by atoms with Crippen LogP contribution in [0.2, 0.25) is 0 Å². The third-order valence-electron chi connectivity index (χ3n) is 2.52. The predicted molar refractivity (Wildman–Crippen MR) is 63.6 cm³/mol. The van der Waals surface area contributed by atoms with Gasteiger partial charge in [-0.3, -0.25) is 14.9 Å². The van der Waals surface area contributed by atoms with Crippen LogP contribution in [0.3, 0.4) is 0 Å². The van der Waals surface area contributed by atoms with Gasteiger partial charge in [-0.25, -0.2) is 0 Å². The number of aromatic amines is 1. The maximum Gasteiger partial charge on any atom is 0.254 e. The van der Waals surface area contributed by atoms with Crippen LogP contribution in [0.15, 0.2) is 30.7 Å². The van der Waals surface area contributed by atoms with Crippen LogP contribution in [0.25, 0.3) is 0 Å². The average molecular weight is 230 g/mol. The molecule has 0 fully saturated rings. The first kappa shape index (κ1) is 11.3. The van der Waals surface area contributed by atoms with Gasteiger partial charge in [0.15, 0.2) is 0 Å². The lowest BCUT2D eigenvalue weighted by Gasteiger charge is -2.04. The minimum absolute atomic E-state index is 0.0923. The van der Waals surface area contributed by atoms with E-state index >= 15 is 0 Å². The molecule has 0 atom stereocenters. The van der Waals surface area contributed by atoms with Crippen LogP contribution in [0.1, 0.15) is 21.6 Å². The minimum Gasteiger partial charge on any atom is -0.352 e. The van der Waals surface area contributed by atoms with Crippen LogP contribution >= 0.6 is 0 Å². The van der Waals surface area contributed by atoms with Gasteiger partial charge in [0.05, 0.1) is 11.8 Å². The summed E-state index contributed by atoms with van der Waals surface area (Å²) in [7, 11) is 0. The highest BCUT2D eigenvalue weighted by atomic mass is 16.1. The Bertz CT molecular complexity index is 492. The van der Waals surface area contributed by atoms with Crippen molar-refractivity contribution in [1.82, 2.24) is 20.5 Å². The molecule has 2 rings (SSSR count). The number of H-pyrrole nitrogens is 1. The highest BCUT2D eigenvalue weighted by molar-refractivity contribution is 5.94. The summed E-state index contributed by atoms with van der Waals surface area (Å²) >= 11 is 0. The van der Waals surface area contributed by atoms with Crippen molar-refractivity contribution in [3.05, 3.63) is 47.5 Å². The number of nitrogens with zero attached hydrogens (tertiary/aromatic N) is 2. The smallest absolute Gasteiger partial charge is 0.254 e. The Morgan fingerprint density at radius 1 is 1.41 bits per heavy atom. The van der Waals surface area contributed by atoms with Gasteiger partial charge in [-0.2, -0.15) is 5.10 Å².